The van der Waals surface area contributed by atoms with Crippen molar-refractivity contribution < 1.29 is 13.6 Å². The molecule has 0 aromatic heterocycles. The summed E-state index contributed by atoms with van der Waals surface area (Å²) >= 11 is 0. The minimum atomic E-state index is -0.881. The molecule has 1 aliphatic rings. The van der Waals surface area contributed by atoms with Gasteiger partial charge < -0.3 is 10.6 Å². The summed E-state index contributed by atoms with van der Waals surface area (Å²) in [6.07, 6.45) is 0.162. The Morgan fingerprint density at radius 2 is 2.12 bits per heavy atom. The minimum absolute atomic E-state index is 0.162. The van der Waals surface area contributed by atoms with Crippen molar-refractivity contribution in [1.29, 1.82) is 0 Å². The van der Waals surface area contributed by atoms with E-state index >= 15 is 0 Å². The standard InChI is InChI=1S/C11H12F2N2O/c12-8-3-1-2-7(10(8)13)6-9-11(16)15-5-4-14-9/h1-3,9,14H,4-6H2,(H,15,16)/t9-/m1/s1. The van der Waals surface area contributed by atoms with Crippen LogP contribution >= 0.6 is 0 Å². The van der Waals surface area contributed by atoms with E-state index in [2.05, 4.69) is 10.6 Å². The molecule has 1 atom stereocenters. The van der Waals surface area contributed by atoms with Gasteiger partial charge in [-0.2, -0.15) is 0 Å². The average molecular weight is 226 g/mol. The zero-order valence-corrected chi connectivity index (χ0v) is 8.59. The summed E-state index contributed by atoms with van der Waals surface area (Å²) in [4.78, 5) is 11.4. The lowest BCUT2D eigenvalue weighted by Gasteiger charge is -2.23. The zero-order chi connectivity index (χ0) is 11.5. The summed E-state index contributed by atoms with van der Waals surface area (Å²) in [5.74, 6) is -1.92. The maximum Gasteiger partial charge on any atom is 0.237 e. The molecule has 1 aromatic rings. The van der Waals surface area contributed by atoms with E-state index in [0.717, 1.165) is 6.07 Å². The Morgan fingerprint density at radius 3 is 2.88 bits per heavy atom. The number of nitrogens with one attached hydrogen (secondary N) is 2. The van der Waals surface area contributed by atoms with E-state index in [1.165, 1.54) is 12.1 Å². The number of rotatable bonds is 2. The molecular weight excluding hydrogens is 214 g/mol. The largest absolute Gasteiger partial charge is 0.353 e. The number of hydrogen-bond acceptors (Lipinski definition) is 2. The summed E-state index contributed by atoms with van der Waals surface area (Å²) in [6, 6.07) is 3.51. The first-order valence-corrected chi connectivity index (χ1v) is 5.12. The summed E-state index contributed by atoms with van der Waals surface area (Å²) in [5.41, 5.74) is 0.217. The molecule has 86 valence electrons. The van der Waals surface area contributed by atoms with Crippen LogP contribution in [0.2, 0.25) is 0 Å². The third-order valence-corrected chi connectivity index (χ3v) is 2.59. The van der Waals surface area contributed by atoms with E-state index in [9.17, 15) is 13.6 Å². The molecule has 0 saturated carbocycles. The fraction of sp³-hybridized carbons (Fsp3) is 0.364. The maximum absolute atomic E-state index is 13.3. The van der Waals surface area contributed by atoms with Crippen molar-refractivity contribution in [2.24, 2.45) is 0 Å². The Bertz CT molecular complexity index is 409. The Balaban J connectivity index is 2.14. The number of amides is 1. The van der Waals surface area contributed by atoms with Crippen molar-refractivity contribution in [3.63, 3.8) is 0 Å². The van der Waals surface area contributed by atoms with Gasteiger partial charge in [0, 0.05) is 13.1 Å². The predicted molar refractivity (Wildman–Crippen MR) is 54.9 cm³/mol. The van der Waals surface area contributed by atoms with Gasteiger partial charge in [-0.25, -0.2) is 8.78 Å². The molecule has 1 amide bonds. The van der Waals surface area contributed by atoms with E-state index in [1.54, 1.807) is 0 Å². The third kappa shape index (κ3) is 2.19. The summed E-state index contributed by atoms with van der Waals surface area (Å²) in [6.45, 7) is 1.22. The average Bonchev–Trinajstić information content (AvgIpc) is 2.28. The molecule has 0 unspecified atom stereocenters. The Kier molecular flexibility index (Phi) is 3.14. The van der Waals surface area contributed by atoms with E-state index < -0.39 is 17.7 Å². The zero-order valence-electron chi connectivity index (χ0n) is 8.59. The van der Waals surface area contributed by atoms with Crippen molar-refractivity contribution in [3.8, 4) is 0 Å². The molecule has 2 N–H and O–H groups in total. The van der Waals surface area contributed by atoms with Crippen molar-refractivity contribution in [1.82, 2.24) is 10.6 Å². The summed E-state index contributed by atoms with van der Waals surface area (Å²) < 4.78 is 26.3. The second-order valence-electron chi connectivity index (χ2n) is 3.71. The van der Waals surface area contributed by atoms with Gasteiger partial charge in [-0.15, -0.1) is 0 Å². The number of piperazine rings is 1. The van der Waals surface area contributed by atoms with Gasteiger partial charge in [-0.1, -0.05) is 12.1 Å². The Hall–Kier alpha value is -1.49. The highest BCUT2D eigenvalue weighted by molar-refractivity contribution is 5.82. The van der Waals surface area contributed by atoms with E-state index in [0.29, 0.717) is 13.1 Å². The van der Waals surface area contributed by atoms with Crippen molar-refractivity contribution >= 4 is 5.91 Å². The first kappa shape index (κ1) is 11.0. The molecule has 1 fully saturated rings. The number of hydrogen-bond donors (Lipinski definition) is 2. The van der Waals surface area contributed by atoms with Gasteiger partial charge in [0.05, 0.1) is 6.04 Å². The smallest absolute Gasteiger partial charge is 0.237 e. The van der Waals surface area contributed by atoms with Crippen LogP contribution in [0.15, 0.2) is 18.2 Å². The molecule has 3 nitrogen and oxygen atoms in total. The number of carbonyl (C=O) groups is 1. The molecule has 1 aliphatic heterocycles. The van der Waals surface area contributed by atoms with E-state index in [1.807, 2.05) is 0 Å². The molecule has 0 aliphatic carbocycles. The highest BCUT2D eigenvalue weighted by Crippen LogP contribution is 2.13. The van der Waals surface area contributed by atoms with Gasteiger partial charge in [-0.3, -0.25) is 4.79 Å². The number of halogens is 2. The highest BCUT2D eigenvalue weighted by Gasteiger charge is 2.23. The third-order valence-electron chi connectivity index (χ3n) is 2.59. The highest BCUT2D eigenvalue weighted by atomic mass is 19.2. The Labute approximate surface area is 91.8 Å². The number of carbonyl (C=O) groups excluding carboxylic acids is 1. The first-order chi connectivity index (χ1) is 7.68. The molecule has 2 rings (SSSR count). The first-order valence-electron chi connectivity index (χ1n) is 5.12. The van der Waals surface area contributed by atoms with Crippen LogP contribution in [0, 0.1) is 11.6 Å². The van der Waals surface area contributed by atoms with E-state index in [-0.39, 0.29) is 17.9 Å². The second-order valence-corrected chi connectivity index (χ2v) is 3.71. The molecule has 0 spiro atoms. The van der Waals surface area contributed by atoms with Crippen LogP contribution < -0.4 is 10.6 Å². The normalized spacial score (nSPS) is 20.6. The van der Waals surface area contributed by atoms with Crippen molar-refractivity contribution in [2.75, 3.05) is 13.1 Å². The van der Waals surface area contributed by atoms with Crippen LogP contribution in [0.4, 0.5) is 8.78 Å². The Morgan fingerprint density at radius 1 is 1.31 bits per heavy atom. The van der Waals surface area contributed by atoms with Gasteiger partial charge >= 0.3 is 0 Å². The lowest BCUT2D eigenvalue weighted by Crippen LogP contribution is -2.53. The lowest BCUT2D eigenvalue weighted by atomic mass is 10.0. The van der Waals surface area contributed by atoms with Crippen LogP contribution in [0.1, 0.15) is 5.56 Å². The predicted octanol–water partition coefficient (Wildman–Crippen LogP) is 0.595. The topological polar surface area (TPSA) is 41.1 Å². The van der Waals surface area contributed by atoms with Gasteiger partial charge in [-0.05, 0) is 18.1 Å². The maximum atomic E-state index is 13.3. The second kappa shape index (κ2) is 4.57. The number of benzene rings is 1. The van der Waals surface area contributed by atoms with Gasteiger partial charge in [0.1, 0.15) is 0 Å². The van der Waals surface area contributed by atoms with Gasteiger partial charge in [0.15, 0.2) is 11.6 Å². The monoisotopic (exact) mass is 226 g/mol. The minimum Gasteiger partial charge on any atom is -0.353 e. The SMILES string of the molecule is O=C1NCCN[C@@H]1Cc1cccc(F)c1F. The lowest BCUT2D eigenvalue weighted by molar-refractivity contribution is -0.124. The molecule has 0 bridgehead atoms. The fourth-order valence-electron chi connectivity index (χ4n) is 1.74. The molecular formula is C11H12F2N2O. The van der Waals surface area contributed by atoms with Gasteiger partial charge in [0.25, 0.3) is 0 Å². The van der Waals surface area contributed by atoms with Crippen LogP contribution in [-0.2, 0) is 11.2 Å². The molecule has 5 heteroatoms. The summed E-state index contributed by atoms with van der Waals surface area (Å²) in [5, 5.41) is 5.63. The fourth-order valence-corrected chi connectivity index (χ4v) is 1.74. The van der Waals surface area contributed by atoms with Crippen molar-refractivity contribution in [3.05, 3.63) is 35.4 Å². The van der Waals surface area contributed by atoms with Gasteiger partial charge in [0.2, 0.25) is 5.91 Å². The van der Waals surface area contributed by atoms with Crippen LogP contribution in [0.3, 0.4) is 0 Å². The van der Waals surface area contributed by atoms with Crippen LogP contribution in [-0.4, -0.2) is 25.0 Å². The van der Waals surface area contributed by atoms with Crippen LogP contribution in [0.25, 0.3) is 0 Å². The molecule has 1 heterocycles. The summed E-state index contributed by atoms with van der Waals surface area (Å²) in [7, 11) is 0. The molecule has 0 radical (unpaired) electrons. The molecule has 16 heavy (non-hydrogen) atoms. The van der Waals surface area contributed by atoms with Crippen LogP contribution in [0.5, 0.6) is 0 Å². The van der Waals surface area contributed by atoms with Crippen molar-refractivity contribution in [2.45, 2.75) is 12.5 Å². The molecule has 1 aromatic carbocycles. The quantitative estimate of drug-likeness (QED) is 0.775. The van der Waals surface area contributed by atoms with E-state index in [4.69, 9.17) is 0 Å². The molecule has 1 saturated heterocycles.